The molecular weight excluding hydrogens is 382 g/mol. The Balaban J connectivity index is 1.34. The number of piperazine rings is 1. The van der Waals surface area contributed by atoms with Gasteiger partial charge in [-0.1, -0.05) is 12.5 Å². The number of amides is 2. The van der Waals surface area contributed by atoms with Gasteiger partial charge >= 0.3 is 0 Å². The predicted molar refractivity (Wildman–Crippen MR) is 112 cm³/mol. The van der Waals surface area contributed by atoms with E-state index in [0.29, 0.717) is 24.5 Å². The molecule has 2 aromatic heterocycles. The number of hydrogen-bond acceptors (Lipinski definition) is 6. The summed E-state index contributed by atoms with van der Waals surface area (Å²) in [7, 11) is 1.53. The van der Waals surface area contributed by atoms with Crippen LogP contribution in [0.3, 0.4) is 0 Å². The molecule has 2 atom stereocenters. The van der Waals surface area contributed by atoms with Crippen LogP contribution < -0.4 is 15.0 Å². The zero-order chi connectivity index (χ0) is 20.9. The first kappa shape index (κ1) is 20.1. The maximum absolute atomic E-state index is 13.2. The minimum atomic E-state index is -0.199. The highest BCUT2D eigenvalue weighted by Crippen LogP contribution is 2.28. The lowest BCUT2D eigenvalue weighted by atomic mass is 10.0. The molecule has 2 aromatic rings. The summed E-state index contributed by atoms with van der Waals surface area (Å²) in [5.41, 5.74) is 0.470. The Hall–Kier alpha value is -3.16. The van der Waals surface area contributed by atoms with Gasteiger partial charge in [0.05, 0.1) is 18.6 Å². The van der Waals surface area contributed by atoms with Crippen molar-refractivity contribution in [1.29, 1.82) is 0 Å². The van der Waals surface area contributed by atoms with Crippen molar-refractivity contribution in [1.82, 2.24) is 20.2 Å². The lowest BCUT2D eigenvalue weighted by molar-refractivity contribution is -0.136. The summed E-state index contributed by atoms with van der Waals surface area (Å²) in [4.78, 5) is 38.4. The molecule has 1 aliphatic heterocycles. The Labute approximate surface area is 176 Å². The average molecular weight is 409 g/mol. The molecular formula is C22H27N5O3. The monoisotopic (exact) mass is 409 g/mol. The zero-order valence-corrected chi connectivity index (χ0v) is 17.2. The van der Waals surface area contributed by atoms with Crippen molar-refractivity contribution < 1.29 is 14.3 Å². The zero-order valence-electron chi connectivity index (χ0n) is 17.2. The second kappa shape index (κ2) is 9.11. The normalized spacial score (nSPS) is 21.4. The summed E-state index contributed by atoms with van der Waals surface area (Å²) in [6, 6.07) is 9.08. The van der Waals surface area contributed by atoms with Crippen molar-refractivity contribution in [3.63, 3.8) is 0 Å². The first-order valence-corrected chi connectivity index (χ1v) is 10.4. The largest absolute Gasteiger partial charge is 0.481 e. The van der Waals surface area contributed by atoms with E-state index >= 15 is 0 Å². The molecule has 1 saturated carbocycles. The van der Waals surface area contributed by atoms with E-state index in [2.05, 4.69) is 20.2 Å². The second-order valence-corrected chi connectivity index (χ2v) is 7.71. The van der Waals surface area contributed by atoms with Crippen molar-refractivity contribution in [2.24, 2.45) is 5.92 Å². The molecule has 2 aliphatic rings. The SMILES string of the molecule is COc1ccc(C(=O)N[C@@H]2CCC[C@@H]2C(=O)N2CCN(c3ccccn3)CC2)cn1. The van der Waals surface area contributed by atoms with Gasteiger partial charge < -0.3 is 19.9 Å². The molecule has 2 fully saturated rings. The molecule has 30 heavy (non-hydrogen) atoms. The molecule has 2 amide bonds. The molecule has 158 valence electrons. The Kier molecular flexibility index (Phi) is 6.11. The van der Waals surface area contributed by atoms with Crippen molar-refractivity contribution in [3.8, 4) is 5.88 Å². The fourth-order valence-corrected chi connectivity index (χ4v) is 4.25. The van der Waals surface area contributed by atoms with Gasteiger partial charge in [0.25, 0.3) is 5.91 Å². The quantitative estimate of drug-likeness (QED) is 0.809. The van der Waals surface area contributed by atoms with Gasteiger partial charge in [-0.3, -0.25) is 9.59 Å². The van der Waals surface area contributed by atoms with Crippen LogP contribution in [0.1, 0.15) is 29.6 Å². The minimum Gasteiger partial charge on any atom is -0.481 e. The molecule has 0 radical (unpaired) electrons. The molecule has 0 aromatic carbocycles. The van der Waals surface area contributed by atoms with Crippen molar-refractivity contribution in [2.75, 3.05) is 38.2 Å². The van der Waals surface area contributed by atoms with Gasteiger partial charge in [0, 0.05) is 50.7 Å². The number of aromatic nitrogens is 2. The molecule has 3 heterocycles. The van der Waals surface area contributed by atoms with Crippen LogP contribution in [0.2, 0.25) is 0 Å². The Morgan fingerprint density at radius 1 is 1.07 bits per heavy atom. The average Bonchev–Trinajstić information content (AvgIpc) is 3.27. The highest BCUT2D eigenvalue weighted by atomic mass is 16.5. The summed E-state index contributed by atoms with van der Waals surface area (Å²) in [5, 5.41) is 3.05. The van der Waals surface area contributed by atoms with Crippen LogP contribution in [0.15, 0.2) is 42.7 Å². The Morgan fingerprint density at radius 3 is 2.57 bits per heavy atom. The van der Waals surface area contributed by atoms with Gasteiger partial charge in [0.1, 0.15) is 5.82 Å². The summed E-state index contributed by atoms with van der Waals surface area (Å²) in [6.07, 6.45) is 5.86. The molecule has 8 nitrogen and oxygen atoms in total. The molecule has 1 aliphatic carbocycles. The summed E-state index contributed by atoms with van der Waals surface area (Å²) >= 11 is 0. The number of carbonyl (C=O) groups excluding carboxylic acids is 2. The van der Waals surface area contributed by atoms with Crippen molar-refractivity contribution >= 4 is 17.6 Å². The molecule has 8 heteroatoms. The second-order valence-electron chi connectivity index (χ2n) is 7.71. The van der Waals surface area contributed by atoms with Gasteiger partial charge in [-0.15, -0.1) is 0 Å². The maximum Gasteiger partial charge on any atom is 0.253 e. The number of hydrogen-bond donors (Lipinski definition) is 1. The Bertz CT molecular complexity index is 866. The third kappa shape index (κ3) is 4.37. The lowest BCUT2D eigenvalue weighted by Crippen LogP contribution is -2.53. The highest BCUT2D eigenvalue weighted by Gasteiger charge is 2.37. The fourth-order valence-electron chi connectivity index (χ4n) is 4.25. The fraction of sp³-hybridized carbons (Fsp3) is 0.455. The van der Waals surface area contributed by atoms with Gasteiger partial charge in [-0.2, -0.15) is 0 Å². The van der Waals surface area contributed by atoms with E-state index in [0.717, 1.165) is 38.2 Å². The minimum absolute atomic E-state index is 0.138. The van der Waals surface area contributed by atoms with Crippen LogP contribution >= 0.6 is 0 Å². The smallest absolute Gasteiger partial charge is 0.253 e. The third-order valence-corrected chi connectivity index (χ3v) is 5.92. The standard InChI is InChI=1S/C22H27N5O3/c1-30-20-9-8-16(15-24-20)21(28)25-18-6-4-5-17(18)22(29)27-13-11-26(12-14-27)19-7-2-3-10-23-19/h2-3,7-10,15,17-18H,4-6,11-14H2,1H3,(H,25,28)/t17-,18+/m0/s1. The topological polar surface area (TPSA) is 87.7 Å². The Morgan fingerprint density at radius 2 is 1.90 bits per heavy atom. The summed E-state index contributed by atoms with van der Waals surface area (Å²) in [5.74, 6) is 1.19. The molecule has 0 spiro atoms. The van der Waals surface area contributed by atoms with E-state index in [1.807, 2.05) is 23.1 Å². The predicted octanol–water partition coefficient (Wildman–Crippen LogP) is 1.73. The van der Waals surface area contributed by atoms with E-state index in [1.165, 1.54) is 13.3 Å². The van der Waals surface area contributed by atoms with Crippen LogP contribution in [0.4, 0.5) is 5.82 Å². The van der Waals surface area contributed by atoms with E-state index in [-0.39, 0.29) is 23.8 Å². The first-order chi connectivity index (χ1) is 14.7. The van der Waals surface area contributed by atoms with Crippen molar-refractivity contribution in [3.05, 3.63) is 48.3 Å². The molecule has 0 bridgehead atoms. The van der Waals surface area contributed by atoms with Crippen LogP contribution in [-0.4, -0.2) is 66.0 Å². The first-order valence-electron chi connectivity index (χ1n) is 10.4. The van der Waals surface area contributed by atoms with Gasteiger partial charge in [0.2, 0.25) is 11.8 Å². The summed E-state index contributed by atoms with van der Waals surface area (Å²) in [6.45, 7) is 2.89. The number of carbonyl (C=O) groups is 2. The van der Waals surface area contributed by atoms with Crippen LogP contribution in [0.5, 0.6) is 5.88 Å². The van der Waals surface area contributed by atoms with Crippen LogP contribution in [0.25, 0.3) is 0 Å². The number of rotatable bonds is 5. The molecule has 4 rings (SSSR count). The number of pyridine rings is 2. The van der Waals surface area contributed by atoms with Gasteiger partial charge in [0.15, 0.2) is 0 Å². The van der Waals surface area contributed by atoms with E-state index < -0.39 is 0 Å². The van der Waals surface area contributed by atoms with Gasteiger partial charge in [-0.25, -0.2) is 9.97 Å². The number of anilines is 1. The molecule has 1 N–H and O–H groups in total. The third-order valence-electron chi connectivity index (χ3n) is 5.92. The molecule has 1 saturated heterocycles. The van der Waals surface area contributed by atoms with Gasteiger partial charge in [-0.05, 0) is 31.0 Å². The number of nitrogens with one attached hydrogen (secondary N) is 1. The summed E-state index contributed by atoms with van der Waals surface area (Å²) < 4.78 is 5.03. The molecule has 0 unspecified atom stereocenters. The maximum atomic E-state index is 13.2. The number of methoxy groups -OCH3 is 1. The van der Waals surface area contributed by atoms with Crippen LogP contribution in [0, 0.1) is 5.92 Å². The lowest BCUT2D eigenvalue weighted by Gasteiger charge is -2.37. The van der Waals surface area contributed by atoms with Crippen molar-refractivity contribution in [2.45, 2.75) is 25.3 Å². The number of nitrogens with zero attached hydrogens (tertiary/aromatic N) is 4. The van der Waals surface area contributed by atoms with E-state index in [9.17, 15) is 9.59 Å². The van der Waals surface area contributed by atoms with Crippen LogP contribution in [-0.2, 0) is 4.79 Å². The van der Waals surface area contributed by atoms with E-state index in [1.54, 1.807) is 18.3 Å². The number of ether oxygens (including phenoxy) is 1. The van der Waals surface area contributed by atoms with E-state index in [4.69, 9.17) is 4.74 Å². The highest BCUT2D eigenvalue weighted by molar-refractivity contribution is 5.94.